The molecule has 1 N–H and O–H groups in total. The molecule has 0 spiro atoms. The van der Waals surface area contributed by atoms with Crippen LogP contribution in [-0.4, -0.2) is 24.2 Å². The van der Waals surface area contributed by atoms with E-state index in [4.69, 9.17) is 9.47 Å². The Hall–Kier alpha value is -2.30. The second-order valence-corrected chi connectivity index (χ2v) is 5.38. The number of hydrogen-bond donors (Lipinski definition) is 1. The van der Waals surface area contributed by atoms with Crippen LogP contribution < -0.4 is 5.32 Å². The summed E-state index contributed by atoms with van der Waals surface area (Å²) in [5, 5.41) is 2.51. The summed E-state index contributed by atoms with van der Waals surface area (Å²) in [6.45, 7) is 5.77. The molecule has 114 valence electrons. The number of benzene rings is 1. The number of alkyl carbamates (subject to hydrolysis) is 1. The van der Waals surface area contributed by atoms with E-state index in [0.29, 0.717) is 0 Å². The molecular weight excluding hydrogens is 270 g/mol. The first-order valence-corrected chi connectivity index (χ1v) is 6.71. The minimum atomic E-state index is -0.539. The number of esters is 1. The smallest absolute Gasteiger partial charge is 0.407 e. The molecule has 0 aromatic heterocycles. The molecule has 0 fully saturated rings. The van der Waals surface area contributed by atoms with Crippen molar-refractivity contribution in [2.24, 2.45) is 0 Å². The zero-order chi connectivity index (χ0) is 15.7. The lowest BCUT2D eigenvalue weighted by Crippen LogP contribution is -2.32. The van der Waals surface area contributed by atoms with Gasteiger partial charge >= 0.3 is 12.1 Å². The van der Waals surface area contributed by atoms with Gasteiger partial charge in [-0.1, -0.05) is 36.4 Å². The van der Waals surface area contributed by atoms with Gasteiger partial charge in [0.15, 0.2) is 0 Å². The Labute approximate surface area is 124 Å². The van der Waals surface area contributed by atoms with Crippen LogP contribution in [0, 0.1) is 0 Å². The summed E-state index contributed by atoms with van der Waals surface area (Å²) < 4.78 is 10.1. The van der Waals surface area contributed by atoms with Crippen LogP contribution in [0.15, 0.2) is 42.5 Å². The van der Waals surface area contributed by atoms with Gasteiger partial charge in [-0.25, -0.2) is 9.59 Å². The van der Waals surface area contributed by atoms with Crippen molar-refractivity contribution in [3.8, 4) is 0 Å². The summed E-state index contributed by atoms with van der Waals surface area (Å²) in [7, 11) is 0. The molecule has 0 aliphatic rings. The summed E-state index contributed by atoms with van der Waals surface area (Å²) in [6.07, 6.45) is 2.27. The maximum absolute atomic E-state index is 11.4. The molecule has 21 heavy (non-hydrogen) atoms. The third-order valence-electron chi connectivity index (χ3n) is 2.24. The zero-order valence-electron chi connectivity index (χ0n) is 12.6. The van der Waals surface area contributed by atoms with E-state index in [1.165, 1.54) is 12.2 Å². The van der Waals surface area contributed by atoms with E-state index in [9.17, 15) is 9.59 Å². The van der Waals surface area contributed by atoms with E-state index in [-0.39, 0.29) is 13.2 Å². The Morgan fingerprint density at radius 2 is 1.86 bits per heavy atom. The molecule has 1 rings (SSSR count). The summed E-state index contributed by atoms with van der Waals surface area (Å²) >= 11 is 0. The molecule has 0 aliphatic carbocycles. The molecule has 0 bridgehead atoms. The molecule has 5 nitrogen and oxygen atoms in total. The molecule has 1 aromatic rings. The Balaban J connectivity index is 2.21. The first kappa shape index (κ1) is 16.8. The van der Waals surface area contributed by atoms with Gasteiger partial charge in [0.1, 0.15) is 12.2 Å². The average molecular weight is 291 g/mol. The lowest BCUT2D eigenvalue weighted by Gasteiger charge is -2.19. The van der Waals surface area contributed by atoms with Gasteiger partial charge in [0.25, 0.3) is 0 Å². The molecule has 0 radical (unpaired) electrons. The third-order valence-corrected chi connectivity index (χ3v) is 2.24. The van der Waals surface area contributed by atoms with Gasteiger partial charge in [0.2, 0.25) is 0 Å². The first-order chi connectivity index (χ1) is 9.87. The van der Waals surface area contributed by atoms with Gasteiger partial charge in [0, 0.05) is 12.6 Å². The van der Waals surface area contributed by atoms with E-state index in [1.807, 2.05) is 30.3 Å². The fourth-order valence-electron chi connectivity index (χ4n) is 1.39. The van der Waals surface area contributed by atoms with Crippen molar-refractivity contribution in [2.45, 2.75) is 33.0 Å². The average Bonchev–Trinajstić information content (AvgIpc) is 2.40. The largest absolute Gasteiger partial charge is 0.458 e. The highest BCUT2D eigenvalue weighted by Crippen LogP contribution is 2.06. The molecule has 0 saturated heterocycles. The summed E-state index contributed by atoms with van der Waals surface area (Å²) in [5.74, 6) is -0.454. The Bertz CT molecular complexity index is 489. The maximum Gasteiger partial charge on any atom is 0.407 e. The topological polar surface area (TPSA) is 64.6 Å². The molecule has 1 aromatic carbocycles. The van der Waals surface area contributed by atoms with Gasteiger partial charge < -0.3 is 14.8 Å². The van der Waals surface area contributed by atoms with Gasteiger partial charge in [-0.15, -0.1) is 0 Å². The van der Waals surface area contributed by atoms with Crippen LogP contribution in [0.1, 0.15) is 26.3 Å². The molecule has 0 saturated carbocycles. The van der Waals surface area contributed by atoms with E-state index in [1.54, 1.807) is 20.8 Å². The van der Waals surface area contributed by atoms with Crippen molar-refractivity contribution in [3.05, 3.63) is 48.0 Å². The second-order valence-electron chi connectivity index (χ2n) is 5.38. The lowest BCUT2D eigenvalue weighted by atomic mass is 10.2. The van der Waals surface area contributed by atoms with E-state index >= 15 is 0 Å². The predicted octanol–water partition coefficient (Wildman–Crippen LogP) is 2.81. The fraction of sp³-hybridized carbons (Fsp3) is 0.375. The number of ether oxygens (including phenoxy) is 2. The second kappa shape index (κ2) is 8.09. The summed E-state index contributed by atoms with van der Waals surface area (Å²) in [5.41, 5.74) is 0.383. The van der Waals surface area contributed by atoms with Crippen LogP contribution >= 0.6 is 0 Å². The molecule has 0 atom stereocenters. The van der Waals surface area contributed by atoms with Gasteiger partial charge in [-0.05, 0) is 26.3 Å². The van der Waals surface area contributed by atoms with Crippen LogP contribution in [-0.2, 0) is 20.9 Å². The number of carbonyl (C=O) groups excluding carboxylic acids is 2. The monoisotopic (exact) mass is 291 g/mol. The van der Waals surface area contributed by atoms with Crippen LogP contribution in [0.5, 0.6) is 0 Å². The highest BCUT2D eigenvalue weighted by Gasteiger charge is 2.14. The normalized spacial score (nSPS) is 11.2. The minimum Gasteiger partial charge on any atom is -0.458 e. The number of amides is 1. The summed E-state index contributed by atoms with van der Waals surface area (Å²) in [4.78, 5) is 22.8. The van der Waals surface area contributed by atoms with Crippen molar-refractivity contribution in [2.75, 3.05) is 6.54 Å². The predicted molar refractivity (Wildman–Crippen MR) is 79.6 cm³/mol. The van der Waals surface area contributed by atoms with Gasteiger partial charge in [-0.3, -0.25) is 0 Å². The van der Waals surface area contributed by atoms with Gasteiger partial charge in [-0.2, -0.15) is 0 Å². The van der Waals surface area contributed by atoms with Crippen LogP contribution in [0.4, 0.5) is 4.79 Å². The Morgan fingerprint density at radius 1 is 1.19 bits per heavy atom. The molecule has 0 aliphatic heterocycles. The van der Waals surface area contributed by atoms with Crippen molar-refractivity contribution < 1.29 is 19.1 Å². The number of rotatable bonds is 5. The Kier molecular flexibility index (Phi) is 6.46. The number of carbonyl (C=O) groups is 2. The SMILES string of the molecule is CC(C)(C)OC(=O)NC/C=C/C(=O)OCc1ccccc1. The third kappa shape index (κ3) is 8.47. The van der Waals surface area contributed by atoms with E-state index < -0.39 is 17.7 Å². The van der Waals surface area contributed by atoms with Crippen molar-refractivity contribution >= 4 is 12.1 Å². The van der Waals surface area contributed by atoms with E-state index in [2.05, 4.69) is 5.32 Å². The first-order valence-electron chi connectivity index (χ1n) is 6.71. The summed E-state index contributed by atoms with van der Waals surface area (Å²) in [6, 6.07) is 9.41. The zero-order valence-corrected chi connectivity index (χ0v) is 12.6. The molecule has 0 unspecified atom stereocenters. The minimum absolute atomic E-state index is 0.204. The quantitative estimate of drug-likeness (QED) is 0.669. The molecule has 1 amide bonds. The number of nitrogens with one attached hydrogen (secondary N) is 1. The highest BCUT2D eigenvalue weighted by molar-refractivity contribution is 5.82. The van der Waals surface area contributed by atoms with Crippen molar-refractivity contribution in [1.29, 1.82) is 0 Å². The molecule has 0 heterocycles. The van der Waals surface area contributed by atoms with Crippen LogP contribution in [0.25, 0.3) is 0 Å². The molecular formula is C16H21NO4. The van der Waals surface area contributed by atoms with Crippen molar-refractivity contribution in [3.63, 3.8) is 0 Å². The van der Waals surface area contributed by atoms with E-state index in [0.717, 1.165) is 5.56 Å². The highest BCUT2D eigenvalue weighted by atomic mass is 16.6. The number of hydrogen-bond acceptors (Lipinski definition) is 4. The van der Waals surface area contributed by atoms with Crippen molar-refractivity contribution in [1.82, 2.24) is 5.32 Å². The van der Waals surface area contributed by atoms with Crippen LogP contribution in [0.2, 0.25) is 0 Å². The standard InChI is InChI=1S/C16H21NO4/c1-16(2,3)21-15(19)17-11-7-10-14(18)20-12-13-8-5-4-6-9-13/h4-10H,11-12H2,1-3H3,(H,17,19)/b10-7+. The fourth-order valence-corrected chi connectivity index (χ4v) is 1.39. The lowest BCUT2D eigenvalue weighted by molar-refractivity contribution is -0.139. The van der Waals surface area contributed by atoms with Gasteiger partial charge in [0.05, 0.1) is 0 Å². The molecule has 5 heteroatoms. The maximum atomic E-state index is 11.4. The Morgan fingerprint density at radius 3 is 2.48 bits per heavy atom. The van der Waals surface area contributed by atoms with Crippen LogP contribution in [0.3, 0.4) is 0 Å².